The molecule has 0 aliphatic carbocycles. The fraction of sp³-hybridized carbons (Fsp3) is 0. The van der Waals surface area contributed by atoms with Gasteiger partial charge >= 0.3 is 6.03 Å². The van der Waals surface area contributed by atoms with Gasteiger partial charge in [0.25, 0.3) is 0 Å². The number of urea groups is 1. The minimum Gasteiger partial charge on any atom is -0.350 e. The maximum Gasteiger partial charge on any atom is 0.332 e. The van der Waals surface area contributed by atoms with Crippen molar-refractivity contribution in [3.8, 4) is 0 Å². The van der Waals surface area contributed by atoms with Crippen molar-refractivity contribution in [2.24, 2.45) is 10.8 Å². The maximum absolute atomic E-state index is 10.1. The van der Waals surface area contributed by atoms with Gasteiger partial charge in [0, 0.05) is 5.56 Å². The lowest BCUT2D eigenvalue weighted by molar-refractivity contribution is 0.249. The van der Waals surface area contributed by atoms with Gasteiger partial charge in [0.15, 0.2) is 0 Å². The summed E-state index contributed by atoms with van der Waals surface area (Å²) in [6.07, 6.45) is 1.53. The second kappa shape index (κ2) is 3.72. The molecular weight excluding hydrogens is 162 g/mol. The van der Waals surface area contributed by atoms with Crippen molar-refractivity contribution in [2.75, 3.05) is 0 Å². The first-order chi connectivity index (χ1) is 5.29. The van der Waals surface area contributed by atoms with Crippen LogP contribution in [0.1, 0.15) is 5.56 Å². The standard InChI is InChI=1S/C6H7N3OS/c7-6(10)9-8-3-5-1-2-11-4-5/h1-4H,(H3,7,9,10)/b8-3-. The molecule has 0 aliphatic heterocycles. The van der Waals surface area contributed by atoms with E-state index in [-0.39, 0.29) is 0 Å². The molecular formula is C6H7N3OS. The van der Waals surface area contributed by atoms with Gasteiger partial charge in [-0.1, -0.05) is 0 Å². The van der Waals surface area contributed by atoms with Gasteiger partial charge in [0.2, 0.25) is 0 Å². The Morgan fingerprint density at radius 3 is 3.18 bits per heavy atom. The summed E-state index contributed by atoms with van der Waals surface area (Å²) in [4.78, 5) is 10.1. The van der Waals surface area contributed by atoms with Crippen LogP contribution >= 0.6 is 11.3 Å². The average Bonchev–Trinajstić information content (AvgIpc) is 2.39. The monoisotopic (exact) mass is 169 g/mol. The topological polar surface area (TPSA) is 67.5 Å². The highest BCUT2D eigenvalue weighted by Gasteiger charge is 1.86. The van der Waals surface area contributed by atoms with E-state index in [0.717, 1.165) is 5.56 Å². The molecule has 0 radical (unpaired) electrons. The molecule has 5 heteroatoms. The van der Waals surface area contributed by atoms with E-state index >= 15 is 0 Å². The minimum atomic E-state index is -0.656. The third kappa shape index (κ3) is 2.81. The van der Waals surface area contributed by atoms with Crippen LogP contribution in [0.3, 0.4) is 0 Å². The zero-order valence-corrected chi connectivity index (χ0v) is 6.47. The SMILES string of the molecule is NC(=O)N/N=C\c1ccsc1. The molecule has 0 aliphatic rings. The number of hydrogen-bond donors (Lipinski definition) is 2. The molecule has 1 heterocycles. The Kier molecular flexibility index (Phi) is 2.62. The Morgan fingerprint density at radius 1 is 1.82 bits per heavy atom. The van der Waals surface area contributed by atoms with Crippen LogP contribution < -0.4 is 11.2 Å². The first-order valence-corrected chi connectivity index (χ1v) is 3.84. The van der Waals surface area contributed by atoms with Crippen LogP contribution in [0.2, 0.25) is 0 Å². The number of nitrogens with zero attached hydrogens (tertiary/aromatic N) is 1. The van der Waals surface area contributed by atoms with E-state index in [9.17, 15) is 4.79 Å². The van der Waals surface area contributed by atoms with Crippen molar-refractivity contribution in [1.29, 1.82) is 0 Å². The van der Waals surface area contributed by atoms with Gasteiger partial charge < -0.3 is 5.73 Å². The van der Waals surface area contributed by atoms with E-state index in [4.69, 9.17) is 5.73 Å². The summed E-state index contributed by atoms with van der Waals surface area (Å²) < 4.78 is 0. The fourth-order valence-corrected chi connectivity index (χ4v) is 1.13. The summed E-state index contributed by atoms with van der Waals surface area (Å²) in [7, 11) is 0. The zero-order chi connectivity index (χ0) is 8.10. The van der Waals surface area contributed by atoms with Crippen molar-refractivity contribution in [3.63, 3.8) is 0 Å². The second-order valence-corrected chi connectivity index (χ2v) is 2.57. The molecule has 0 bridgehead atoms. The lowest BCUT2D eigenvalue weighted by atomic mass is 10.4. The Hall–Kier alpha value is -1.36. The predicted octanol–water partition coefficient (Wildman–Crippen LogP) is 0.750. The molecule has 1 aromatic rings. The third-order valence-electron chi connectivity index (χ3n) is 0.932. The van der Waals surface area contributed by atoms with Crippen LogP contribution in [-0.4, -0.2) is 12.2 Å². The van der Waals surface area contributed by atoms with E-state index in [1.54, 1.807) is 11.3 Å². The summed E-state index contributed by atoms with van der Waals surface area (Å²) in [6, 6.07) is 1.23. The fourth-order valence-electron chi connectivity index (χ4n) is 0.519. The summed E-state index contributed by atoms with van der Waals surface area (Å²) in [5, 5.41) is 7.40. The summed E-state index contributed by atoms with van der Waals surface area (Å²) >= 11 is 1.56. The van der Waals surface area contributed by atoms with Crippen molar-refractivity contribution in [1.82, 2.24) is 5.43 Å². The van der Waals surface area contributed by atoms with Crippen LogP contribution in [0.15, 0.2) is 21.9 Å². The molecule has 11 heavy (non-hydrogen) atoms. The van der Waals surface area contributed by atoms with Crippen molar-refractivity contribution >= 4 is 23.6 Å². The van der Waals surface area contributed by atoms with Crippen molar-refractivity contribution in [2.45, 2.75) is 0 Å². The Labute approximate surface area is 67.7 Å². The number of primary amides is 1. The zero-order valence-electron chi connectivity index (χ0n) is 5.65. The molecule has 0 saturated heterocycles. The van der Waals surface area contributed by atoms with Gasteiger partial charge in [-0.2, -0.15) is 16.4 Å². The van der Waals surface area contributed by atoms with Crippen molar-refractivity contribution in [3.05, 3.63) is 22.4 Å². The number of nitrogens with one attached hydrogen (secondary N) is 1. The summed E-state index contributed by atoms with van der Waals surface area (Å²) in [5.41, 5.74) is 7.82. The number of thiophene rings is 1. The van der Waals surface area contributed by atoms with Crippen LogP contribution in [0, 0.1) is 0 Å². The molecule has 0 spiro atoms. The van der Waals surface area contributed by atoms with Gasteiger partial charge in [-0.05, 0) is 16.8 Å². The highest BCUT2D eigenvalue weighted by molar-refractivity contribution is 7.08. The third-order valence-corrected chi connectivity index (χ3v) is 1.63. The van der Waals surface area contributed by atoms with Gasteiger partial charge in [-0.3, -0.25) is 0 Å². The first kappa shape index (κ1) is 7.74. The number of nitrogens with two attached hydrogens (primary N) is 1. The number of hydrogen-bond acceptors (Lipinski definition) is 3. The number of amides is 2. The molecule has 1 aromatic heterocycles. The normalized spacial score (nSPS) is 10.2. The number of rotatable bonds is 2. The lowest BCUT2D eigenvalue weighted by Crippen LogP contribution is -2.24. The van der Waals surface area contributed by atoms with E-state index in [2.05, 4.69) is 10.5 Å². The Bertz CT molecular complexity index is 255. The molecule has 1 rings (SSSR count). The van der Waals surface area contributed by atoms with Crippen LogP contribution in [-0.2, 0) is 0 Å². The second-order valence-electron chi connectivity index (χ2n) is 1.79. The summed E-state index contributed by atoms with van der Waals surface area (Å²) in [6.45, 7) is 0. The molecule has 2 amide bonds. The highest BCUT2D eigenvalue weighted by atomic mass is 32.1. The molecule has 3 N–H and O–H groups in total. The largest absolute Gasteiger partial charge is 0.350 e. The molecule has 0 fully saturated rings. The van der Waals surface area contributed by atoms with E-state index < -0.39 is 6.03 Å². The smallest absolute Gasteiger partial charge is 0.332 e. The maximum atomic E-state index is 10.1. The van der Waals surface area contributed by atoms with E-state index in [0.29, 0.717) is 0 Å². The summed E-state index contributed by atoms with van der Waals surface area (Å²) in [5.74, 6) is 0. The number of carbonyl (C=O) groups excluding carboxylic acids is 1. The molecule has 0 unspecified atom stereocenters. The molecule has 4 nitrogen and oxygen atoms in total. The van der Waals surface area contributed by atoms with Crippen LogP contribution in [0.5, 0.6) is 0 Å². The van der Waals surface area contributed by atoms with Crippen LogP contribution in [0.4, 0.5) is 4.79 Å². The van der Waals surface area contributed by atoms with Gasteiger partial charge in [0.1, 0.15) is 0 Å². The average molecular weight is 169 g/mol. The van der Waals surface area contributed by atoms with Gasteiger partial charge in [-0.25, -0.2) is 10.2 Å². The molecule has 0 saturated carbocycles. The molecule has 58 valence electrons. The first-order valence-electron chi connectivity index (χ1n) is 2.90. The molecule has 0 atom stereocenters. The quantitative estimate of drug-likeness (QED) is 0.498. The predicted molar refractivity (Wildman–Crippen MR) is 44.6 cm³/mol. The van der Waals surface area contributed by atoms with Gasteiger partial charge in [0.05, 0.1) is 6.21 Å². The number of hydrazone groups is 1. The van der Waals surface area contributed by atoms with E-state index in [1.807, 2.05) is 16.8 Å². The lowest BCUT2D eigenvalue weighted by Gasteiger charge is -1.87. The highest BCUT2D eigenvalue weighted by Crippen LogP contribution is 2.01. The minimum absolute atomic E-state index is 0.656. The van der Waals surface area contributed by atoms with Gasteiger partial charge in [-0.15, -0.1) is 0 Å². The van der Waals surface area contributed by atoms with Crippen molar-refractivity contribution < 1.29 is 4.79 Å². The Balaban J connectivity index is 2.43. The Morgan fingerprint density at radius 2 is 2.64 bits per heavy atom. The van der Waals surface area contributed by atoms with E-state index in [1.165, 1.54) is 6.21 Å². The molecule has 0 aromatic carbocycles. The van der Waals surface area contributed by atoms with Crippen LogP contribution in [0.25, 0.3) is 0 Å². The number of carbonyl (C=O) groups is 1.